The quantitative estimate of drug-likeness (QED) is 0.816. The van der Waals surface area contributed by atoms with Gasteiger partial charge >= 0.3 is 0 Å². The minimum Gasteiger partial charge on any atom is -0.337 e. The first-order valence-corrected chi connectivity index (χ1v) is 10.8. The minimum atomic E-state index is -3.39. The topological polar surface area (TPSA) is 60.9 Å². The Hall–Kier alpha value is -0.960. The van der Waals surface area contributed by atoms with Gasteiger partial charge in [0, 0.05) is 44.1 Å². The largest absolute Gasteiger partial charge is 0.337 e. The standard InChI is InChI=1S/C16H25N3O3S2/c1-14-6-7-15(23-14)16(20)17-8-5-11-19(13-12-17)24(21,22)18-9-3-2-4-10-18/h6-7H,2-5,8-13H2,1H3. The lowest BCUT2D eigenvalue weighted by atomic mass is 10.2. The minimum absolute atomic E-state index is 0.0188. The summed E-state index contributed by atoms with van der Waals surface area (Å²) in [5.74, 6) is 0.0188. The van der Waals surface area contributed by atoms with Crippen LogP contribution in [-0.2, 0) is 10.2 Å². The van der Waals surface area contributed by atoms with Crippen molar-refractivity contribution in [3.63, 3.8) is 0 Å². The van der Waals surface area contributed by atoms with Gasteiger partial charge in [-0.15, -0.1) is 11.3 Å². The van der Waals surface area contributed by atoms with Crippen molar-refractivity contribution in [1.29, 1.82) is 0 Å². The van der Waals surface area contributed by atoms with Gasteiger partial charge in [0.25, 0.3) is 16.1 Å². The summed E-state index contributed by atoms with van der Waals surface area (Å²) in [5, 5.41) is 0. The molecule has 2 aliphatic heterocycles. The van der Waals surface area contributed by atoms with Crippen molar-refractivity contribution >= 4 is 27.5 Å². The fourth-order valence-corrected chi connectivity index (χ4v) is 5.85. The Balaban J connectivity index is 1.65. The number of nitrogens with zero attached hydrogens (tertiary/aromatic N) is 3. The Kier molecular flexibility index (Phi) is 5.59. The Morgan fingerprint density at radius 2 is 1.58 bits per heavy atom. The van der Waals surface area contributed by atoms with Crippen LogP contribution in [0.3, 0.4) is 0 Å². The van der Waals surface area contributed by atoms with Crippen LogP contribution < -0.4 is 0 Å². The van der Waals surface area contributed by atoms with Crippen molar-refractivity contribution in [3.05, 3.63) is 21.9 Å². The highest BCUT2D eigenvalue weighted by atomic mass is 32.2. The van der Waals surface area contributed by atoms with Crippen LogP contribution in [-0.4, -0.2) is 67.1 Å². The summed E-state index contributed by atoms with van der Waals surface area (Å²) < 4.78 is 28.8. The van der Waals surface area contributed by atoms with Crippen molar-refractivity contribution in [2.45, 2.75) is 32.6 Å². The molecule has 0 bridgehead atoms. The number of thiophene rings is 1. The summed E-state index contributed by atoms with van der Waals surface area (Å²) in [6, 6.07) is 3.80. The Labute approximate surface area is 148 Å². The molecule has 3 heterocycles. The van der Waals surface area contributed by atoms with Crippen LogP contribution in [0.2, 0.25) is 0 Å². The lowest BCUT2D eigenvalue weighted by molar-refractivity contribution is 0.0769. The van der Waals surface area contributed by atoms with E-state index in [-0.39, 0.29) is 5.91 Å². The number of hydrogen-bond donors (Lipinski definition) is 0. The van der Waals surface area contributed by atoms with Gasteiger partial charge in [-0.05, 0) is 38.3 Å². The molecule has 0 radical (unpaired) electrons. The Morgan fingerprint density at radius 1 is 0.917 bits per heavy atom. The van der Waals surface area contributed by atoms with Gasteiger partial charge in [0.05, 0.1) is 4.88 Å². The summed E-state index contributed by atoms with van der Waals surface area (Å²) in [6.45, 7) is 5.17. The molecule has 0 atom stereocenters. The van der Waals surface area contributed by atoms with Crippen LogP contribution in [0.15, 0.2) is 12.1 Å². The highest BCUT2D eigenvalue weighted by Crippen LogP contribution is 2.21. The lowest BCUT2D eigenvalue weighted by Gasteiger charge is -2.31. The second-order valence-electron chi connectivity index (χ2n) is 6.42. The predicted molar refractivity (Wildman–Crippen MR) is 95.5 cm³/mol. The molecule has 6 nitrogen and oxygen atoms in total. The van der Waals surface area contributed by atoms with E-state index in [9.17, 15) is 13.2 Å². The summed E-state index contributed by atoms with van der Waals surface area (Å²) in [5.41, 5.74) is 0. The van der Waals surface area contributed by atoms with Gasteiger partial charge in [-0.1, -0.05) is 6.42 Å². The molecular weight excluding hydrogens is 346 g/mol. The van der Waals surface area contributed by atoms with Crippen LogP contribution in [0, 0.1) is 6.92 Å². The van der Waals surface area contributed by atoms with E-state index >= 15 is 0 Å². The molecule has 1 aromatic rings. The smallest absolute Gasteiger partial charge is 0.282 e. The van der Waals surface area contributed by atoms with Crippen molar-refractivity contribution in [3.8, 4) is 0 Å². The third-order valence-electron chi connectivity index (χ3n) is 4.66. The molecule has 24 heavy (non-hydrogen) atoms. The van der Waals surface area contributed by atoms with Gasteiger partial charge in [0.2, 0.25) is 0 Å². The van der Waals surface area contributed by atoms with Gasteiger partial charge in [-0.2, -0.15) is 17.0 Å². The molecule has 2 fully saturated rings. The molecular formula is C16H25N3O3S2. The maximum Gasteiger partial charge on any atom is 0.282 e. The van der Waals surface area contributed by atoms with E-state index in [2.05, 4.69) is 0 Å². The van der Waals surface area contributed by atoms with Gasteiger partial charge < -0.3 is 4.90 Å². The van der Waals surface area contributed by atoms with Crippen LogP contribution in [0.25, 0.3) is 0 Å². The van der Waals surface area contributed by atoms with E-state index in [0.29, 0.717) is 45.7 Å². The van der Waals surface area contributed by atoms with Crippen LogP contribution in [0.4, 0.5) is 0 Å². The van der Waals surface area contributed by atoms with Gasteiger partial charge in [0.15, 0.2) is 0 Å². The fraction of sp³-hybridized carbons (Fsp3) is 0.688. The highest BCUT2D eigenvalue weighted by Gasteiger charge is 2.32. The maximum absolute atomic E-state index is 12.8. The molecule has 2 aliphatic rings. The third-order valence-corrected chi connectivity index (χ3v) is 7.68. The Bertz CT molecular complexity index is 680. The number of carbonyl (C=O) groups excluding carboxylic acids is 1. The van der Waals surface area contributed by atoms with Gasteiger partial charge in [-0.25, -0.2) is 0 Å². The normalized spacial score (nSPS) is 21.6. The summed E-state index contributed by atoms with van der Waals surface area (Å²) in [6.07, 6.45) is 3.67. The summed E-state index contributed by atoms with van der Waals surface area (Å²) in [4.78, 5) is 16.2. The van der Waals surface area contributed by atoms with E-state index in [4.69, 9.17) is 0 Å². The molecule has 0 spiro atoms. The summed E-state index contributed by atoms with van der Waals surface area (Å²) >= 11 is 1.49. The number of carbonyl (C=O) groups is 1. The number of rotatable bonds is 3. The molecule has 0 N–H and O–H groups in total. The van der Waals surface area contributed by atoms with Crippen LogP contribution in [0.5, 0.6) is 0 Å². The van der Waals surface area contributed by atoms with Crippen molar-refractivity contribution in [2.24, 2.45) is 0 Å². The fourth-order valence-electron chi connectivity index (χ4n) is 3.29. The van der Waals surface area contributed by atoms with Gasteiger partial charge in [0.1, 0.15) is 0 Å². The molecule has 1 aromatic heterocycles. The first kappa shape index (κ1) is 17.8. The molecule has 2 saturated heterocycles. The van der Waals surface area contributed by atoms with Crippen LogP contribution >= 0.6 is 11.3 Å². The second-order valence-corrected chi connectivity index (χ2v) is 9.64. The van der Waals surface area contributed by atoms with E-state index < -0.39 is 10.2 Å². The zero-order valence-electron chi connectivity index (χ0n) is 14.1. The van der Waals surface area contributed by atoms with Crippen molar-refractivity contribution < 1.29 is 13.2 Å². The SMILES string of the molecule is Cc1ccc(C(=O)N2CCCN(S(=O)(=O)N3CCCCC3)CC2)s1. The lowest BCUT2D eigenvalue weighted by Crippen LogP contribution is -2.47. The summed E-state index contributed by atoms with van der Waals surface area (Å²) in [7, 11) is -3.39. The first-order valence-electron chi connectivity index (χ1n) is 8.59. The number of piperidine rings is 1. The zero-order chi connectivity index (χ0) is 17.2. The van der Waals surface area contributed by atoms with Crippen LogP contribution in [0.1, 0.15) is 40.2 Å². The number of amides is 1. The predicted octanol–water partition coefficient (Wildman–Crippen LogP) is 1.94. The molecule has 0 aliphatic carbocycles. The average molecular weight is 372 g/mol. The molecule has 8 heteroatoms. The zero-order valence-corrected chi connectivity index (χ0v) is 15.7. The molecule has 1 amide bonds. The van der Waals surface area contributed by atoms with E-state index in [0.717, 1.165) is 29.0 Å². The number of aryl methyl sites for hydroxylation is 1. The van der Waals surface area contributed by atoms with E-state index in [1.807, 2.05) is 19.1 Å². The highest BCUT2D eigenvalue weighted by molar-refractivity contribution is 7.86. The molecule has 0 unspecified atom stereocenters. The first-order chi connectivity index (χ1) is 11.5. The Morgan fingerprint density at radius 3 is 2.25 bits per heavy atom. The maximum atomic E-state index is 12.8. The van der Waals surface area contributed by atoms with Crippen molar-refractivity contribution in [2.75, 3.05) is 39.3 Å². The van der Waals surface area contributed by atoms with Gasteiger partial charge in [-0.3, -0.25) is 4.79 Å². The van der Waals surface area contributed by atoms with E-state index in [1.54, 1.807) is 13.5 Å². The second kappa shape index (κ2) is 7.51. The molecule has 134 valence electrons. The average Bonchev–Trinajstić information content (AvgIpc) is 2.86. The number of hydrogen-bond acceptors (Lipinski definition) is 4. The monoisotopic (exact) mass is 371 g/mol. The third kappa shape index (κ3) is 3.82. The molecule has 0 saturated carbocycles. The van der Waals surface area contributed by atoms with E-state index in [1.165, 1.54) is 11.3 Å². The molecule has 0 aromatic carbocycles. The van der Waals surface area contributed by atoms with Crippen molar-refractivity contribution in [1.82, 2.24) is 13.5 Å². The molecule has 3 rings (SSSR count).